The molecule has 26 heavy (non-hydrogen) atoms. The topological polar surface area (TPSA) is 114 Å². The lowest BCUT2D eigenvalue weighted by Gasteiger charge is -2.48. The molecule has 0 aliphatic carbocycles. The summed E-state index contributed by atoms with van der Waals surface area (Å²) >= 11 is 0. The molecule has 0 atom stereocenters. The molecule has 9 nitrogen and oxygen atoms in total. The second-order valence-electron chi connectivity index (χ2n) is 8.90. The number of rotatable bonds is 5. The smallest absolute Gasteiger partial charge is 0.422 e. The number of hydrogen-bond acceptors (Lipinski definition) is 6. The van der Waals surface area contributed by atoms with Crippen LogP contribution in [0.1, 0.15) is 54.9 Å². The van der Waals surface area contributed by atoms with Gasteiger partial charge in [-0.05, 0) is 48.0 Å². The maximum atomic E-state index is 11.9. The summed E-state index contributed by atoms with van der Waals surface area (Å²) in [6, 6.07) is 0. The molecule has 1 fully saturated rings. The van der Waals surface area contributed by atoms with Crippen LogP contribution in [0.5, 0.6) is 0 Å². The first-order chi connectivity index (χ1) is 11.5. The van der Waals surface area contributed by atoms with Crippen molar-refractivity contribution in [1.29, 1.82) is 0 Å². The van der Waals surface area contributed by atoms with E-state index in [4.69, 9.17) is 9.47 Å². The van der Waals surface area contributed by atoms with Gasteiger partial charge in [0.15, 0.2) is 0 Å². The standard InChI is InChI=1S/C16H31N3O6S/c1-14(2,3)24-12(20)18-26(22,23)17-9-8-16(7)10-19(11-16)13(21)25-15(4,5)6/h17H,8-11H2,1-7H3,(H,18,20). The number of nitrogens with one attached hydrogen (secondary N) is 2. The Morgan fingerprint density at radius 1 is 1.04 bits per heavy atom. The molecule has 2 N–H and O–H groups in total. The van der Waals surface area contributed by atoms with Gasteiger partial charge in [-0.25, -0.2) is 14.3 Å². The Morgan fingerprint density at radius 2 is 1.54 bits per heavy atom. The van der Waals surface area contributed by atoms with Crippen molar-refractivity contribution in [3.05, 3.63) is 0 Å². The fourth-order valence-electron chi connectivity index (χ4n) is 2.42. The van der Waals surface area contributed by atoms with E-state index in [1.165, 1.54) is 0 Å². The van der Waals surface area contributed by atoms with Crippen LogP contribution in [-0.4, -0.2) is 56.3 Å². The van der Waals surface area contributed by atoms with E-state index >= 15 is 0 Å². The number of carbonyl (C=O) groups excluding carboxylic acids is 2. The first-order valence-electron chi connectivity index (χ1n) is 8.49. The highest BCUT2D eigenvalue weighted by Gasteiger charge is 2.42. The minimum absolute atomic E-state index is 0.136. The van der Waals surface area contributed by atoms with Crippen molar-refractivity contribution in [3.8, 4) is 0 Å². The van der Waals surface area contributed by atoms with Gasteiger partial charge in [-0.3, -0.25) is 0 Å². The van der Waals surface area contributed by atoms with Crippen LogP contribution < -0.4 is 9.44 Å². The number of likely N-dealkylation sites (tertiary alicyclic amines) is 1. The maximum absolute atomic E-state index is 11.9. The molecule has 2 amide bonds. The maximum Gasteiger partial charge on any atom is 0.422 e. The van der Waals surface area contributed by atoms with E-state index in [1.807, 2.05) is 6.92 Å². The first-order valence-corrected chi connectivity index (χ1v) is 9.97. The third-order valence-electron chi connectivity index (χ3n) is 3.43. The summed E-state index contributed by atoms with van der Waals surface area (Å²) in [4.78, 5) is 25.0. The molecule has 0 unspecified atom stereocenters. The predicted octanol–water partition coefficient (Wildman–Crippen LogP) is 1.99. The Balaban J connectivity index is 2.37. The van der Waals surface area contributed by atoms with Crippen molar-refractivity contribution < 1.29 is 27.5 Å². The van der Waals surface area contributed by atoms with Gasteiger partial charge in [-0.15, -0.1) is 0 Å². The summed E-state index contributed by atoms with van der Waals surface area (Å²) in [5.74, 6) is 0. The van der Waals surface area contributed by atoms with E-state index in [1.54, 1.807) is 51.2 Å². The van der Waals surface area contributed by atoms with Gasteiger partial charge in [0.25, 0.3) is 0 Å². The quantitative estimate of drug-likeness (QED) is 0.738. The van der Waals surface area contributed by atoms with E-state index in [0.717, 1.165) is 0 Å². The third kappa shape index (κ3) is 8.22. The summed E-state index contributed by atoms with van der Waals surface area (Å²) in [5.41, 5.74) is -1.54. The van der Waals surface area contributed by atoms with Crippen molar-refractivity contribution >= 4 is 22.4 Å². The molecule has 0 saturated carbocycles. The molecular weight excluding hydrogens is 362 g/mol. The van der Waals surface area contributed by atoms with Gasteiger partial charge >= 0.3 is 22.4 Å². The number of carbonyl (C=O) groups is 2. The Labute approximate surface area is 156 Å². The van der Waals surface area contributed by atoms with Crippen LogP contribution in [0.2, 0.25) is 0 Å². The molecule has 152 valence electrons. The average Bonchev–Trinajstić information content (AvgIpc) is 2.29. The van der Waals surface area contributed by atoms with Gasteiger partial charge in [0.1, 0.15) is 11.2 Å². The van der Waals surface area contributed by atoms with Crippen molar-refractivity contribution in [1.82, 2.24) is 14.3 Å². The lowest BCUT2D eigenvalue weighted by molar-refractivity contribution is -0.0300. The Morgan fingerprint density at radius 3 is 2.00 bits per heavy atom. The Hall–Kier alpha value is -1.55. The zero-order chi connectivity index (χ0) is 20.4. The molecule has 0 aromatic heterocycles. The van der Waals surface area contributed by atoms with Gasteiger partial charge < -0.3 is 14.4 Å². The van der Waals surface area contributed by atoms with Crippen LogP contribution in [0.3, 0.4) is 0 Å². The molecule has 0 aromatic rings. The van der Waals surface area contributed by atoms with Gasteiger partial charge in [0, 0.05) is 25.0 Å². The molecule has 1 aliphatic heterocycles. The number of ether oxygens (including phenoxy) is 2. The summed E-state index contributed by atoms with van der Waals surface area (Å²) in [5, 5.41) is 0. The third-order valence-corrected chi connectivity index (χ3v) is 4.45. The van der Waals surface area contributed by atoms with Gasteiger partial charge in [-0.1, -0.05) is 6.92 Å². The zero-order valence-electron chi connectivity index (χ0n) is 16.6. The van der Waals surface area contributed by atoms with Crippen molar-refractivity contribution in [3.63, 3.8) is 0 Å². The van der Waals surface area contributed by atoms with Crippen LogP contribution in [0.25, 0.3) is 0 Å². The monoisotopic (exact) mass is 393 g/mol. The van der Waals surface area contributed by atoms with Gasteiger partial charge in [-0.2, -0.15) is 13.1 Å². The molecule has 1 saturated heterocycles. The fourth-order valence-corrected chi connectivity index (χ4v) is 3.12. The highest BCUT2D eigenvalue weighted by atomic mass is 32.2. The lowest BCUT2D eigenvalue weighted by Crippen LogP contribution is -2.58. The molecule has 0 bridgehead atoms. The van der Waals surface area contributed by atoms with E-state index in [-0.39, 0.29) is 18.1 Å². The largest absolute Gasteiger partial charge is 0.444 e. The molecule has 1 heterocycles. The van der Waals surface area contributed by atoms with Crippen molar-refractivity contribution in [2.45, 2.75) is 66.1 Å². The van der Waals surface area contributed by atoms with Crippen LogP contribution in [-0.2, 0) is 19.7 Å². The minimum Gasteiger partial charge on any atom is -0.444 e. The van der Waals surface area contributed by atoms with Crippen LogP contribution in [0, 0.1) is 5.41 Å². The van der Waals surface area contributed by atoms with E-state index in [9.17, 15) is 18.0 Å². The average molecular weight is 394 g/mol. The number of hydrogen-bond donors (Lipinski definition) is 2. The van der Waals surface area contributed by atoms with Gasteiger partial charge in [0.05, 0.1) is 0 Å². The van der Waals surface area contributed by atoms with Crippen molar-refractivity contribution in [2.75, 3.05) is 19.6 Å². The highest BCUT2D eigenvalue weighted by molar-refractivity contribution is 7.88. The minimum atomic E-state index is -3.99. The molecule has 10 heteroatoms. The highest BCUT2D eigenvalue weighted by Crippen LogP contribution is 2.34. The summed E-state index contributed by atoms with van der Waals surface area (Å²) in [6.07, 6.45) is -0.889. The van der Waals surface area contributed by atoms with Crippen LogP contribution in [0.15, 0.2) is 0 Å². The normalized spacial score (nSPS) is 17.3. The van der Waals surface area contributed by atoms with E-state index < -0.39 is 27.5 Å². The number of nitrogens with zero attached hydrogens (tertiary/aromatic N) is 1. The van der Waals surface area contributed by atoms with E-state index in [0.29, 0.717) is 19.5 Å². The van der Waals surface area contributed by atoms with E-state index in [2.05, 4.69) is 4.72 Å². The summed E-state index contributed by atoms with van der Waals surface area (Å²) in [7, 11) is -3.99. The molecule has 0 radical (unpaired) electrons. The zero-order valence-corrected chi connectivity index (χ0v) is 17.4. The summed E-state index contributed by atoms with van der Waals surface area (Å²) in [6.45, 7) is 13.4. The van der Waals surface area contributed by atoms with Crippen LogP contribution in [0.4, 0.5) is 9.59 Å². The molecular formula is C16H31N3O6S. The molecule has 1 rings (SSSR count). The number of amides is 2. The second-order valence-corrected chi connectivity index (χ2v) is 10.4. The first kappa shape index (κ1) is 22.5. The summed E-state index contributed by atoms with van der Waals surface area (Å²) < 4.78 is 38.0. The fraction of sp³-hybridized carbons (Fsp3) is 0.875. The van der Waals surface area contributed by atoms with Gasteiger partial charge in [0.2, 0.25) is 0 Å². The SMILES string of the molecule is CC1(CCNS(=O)(=O)NC(=O)OC(C)(C)C)CN(C(=O)OC(C)(C)C)C1. The molecule has 0 spiro atoms. The molecule has 0 aromatic carbocycles. The predicted molar refractivity (Wildman–Crippen MR) is 96.8 cm³/mol. The lowest BCUT2D eigenvalue weighted by atomic mass is 9.79. The Kier molecular flexibility index (Phi) is 6.57. The van der Waals surface area contributed by atoms with Crippen LogP contribution >= 0.6 is 0 Å². The second kappa shape index (κ2) is 7.59. The van der Waals surface area contributed by atoms with Crippen molar-refractivity contribution in [2.24, 2.45) is 5.41 Å². The Bertz CT molecular complexity index is 627. The molecule has 1 aliphatic rings.